The first kappa shape index (κ1) is 10.6. The standard InChI is InChI=1S/C11H14O3/c1-8(2)11(13)14-7-9-4-3-5-10(12)6-9/h3-6,8,12H,7H2,1-2H3. The summed E-state index contributed by atoms with van der Waals surface area (Å²) in [5.74, 6) is -0.163. The minimum absolute atomic E-state index is 0.118. The lowest BCUT2D eigenvalue weighted by molar-refractivity contribution is -0.148. The van der Waals surface area contributed by atoms with E-state index in [4.69, 9.17) is 9.84 Å². The maximum atomic E-state index is 11.1. The van der Waals surface area contributed by atoms with Crippen molar-refractivity contribution in [3.05, 3.63) is 29.8 Å². The van der Waals surface area contributed by atoms with Gasteiger partial charge < -0.3 is 9.84 Å². The second-order valence-electron chi connectivity index (χ2n) is 3.43. The molecule has 14 heavy (non-hydrogen) atoms. The van der Waals surface area contributed by atoms with Crippen LogP contribution < -0.4 is 0 Å². The van der Waals surface area contributed by atoms with Crippen LogP contribution in [-0.4, -0.2) is 11.1 Å². The van der Waals surface area contributed by atoms with Gasteiger partial charge in [-0.15, -0.1) is 0 Å². The van der Waals surface area contributed by atoms with Crippen LogP contribution in [-0.2, 0) is 16.1 Å². The molecule has 1 aromatic rings. The van der Waals surface area contributed by atoms with Crippen molar-refractivity contribution in [1.82, 2.24) is 0 Å². The van der Waals surface area contributed by atoms with E-state index in [0.29, 0.717) is 0 Å². The summed E-state index contributed by atoms with van der Waals surface area (Å²) >= 11 is 0. The molecule has 0 aliphatic rings. The maximum Gasteiger partial charge on any atom is 0.308 e. The molecule has 3 heteroatoms. The van der Waals surface area contributed by atoms with Gasteiger partial charge in [0.15, 0.2) is 0 Å². The van der Waals surface area contributed by atoms with Crippen LogP contribution in [0.15, 0.2) is 24.3 Å². The third kappa shape index (κ3) is 3.09. The zero-order valence-corrected chi connectivity index (χ0v) is 8.36. The smallest absolute Gasteiger partial charge is 0.308 e. The quantitative estimate of drug-likeness (QED) is 0.749. The van der Waals surface area contributed by atoms with Crippen LogP contribution in [0.2, 0.25) is 0 Å². The number of phenols is 1. The van der Waals surface area contributed by atoms with Crippen LogP contribution in [0.5, 0.6) is 5.75 Å². The number of rotatable bonds is 3. The van der Waals surface area contributed by atoms with Gasteiger partial charge in [0.1, 0.15) is 12.4 Å². The zero-order chi connectivity index (χ0) is 10.6. The van der Waals surface area contributed by atoms with Crippen molar-refractivity contribution in [2.75, 3.05) is 0 Å². The summed E-state index contributed by atoms with van der Waals surface area (Å²) in [6.45, 7) is 3.78. The molecule has 0 fully saturated rings. The molecule has 0 saturated carbocycles. The Labute approximate surface area is 83.3 Å². The molecular formula is C11H14O3. The molecule has 0 aromatic heterocycles. The number of esters is 1. The van der Waals surface area contributed by atoms with Crippen molar-refractivity contribution in [1.29, 1.82) is 0 Å². The monoisotopic (exact) mass is 194 g/mol. The number of ether oxygens (including phenoxy) is 1. The molecule has 0 heterocycles. The van der Waals surface area contributed by atoms with Gasteiger partial charge in [0.2, 0.25) is 0 Å². The van der Waals surface area contributed by atoms with Gasteiger partial charge in [-0.05, 0) is 17.7 Å². The van der Waals surface area contributed by atoms with Gasteiger partial charge >= 0.3 is 5.97 Å². The summed E-state index contributed by atoms with van der Waals surface area (Å²) in [4.78, 5) is 11.1. The number of aromatic hydroxyl groups is 1. The Kier molecular flexibility index (Phi) is 3.51. The highest BCUT2D eigenvalue weighted by Gasteiger charge is 2.07. The van der Waals surface area contributed by atoms with Crippen molar-refractivity contribution in [3.63, 3.8) is 0 Å². The fourth-order valence-electron chi connectivity index (χ4n) is 0.967. The molecule has 76 valence electrons. The van der Waals surface area contributed by atoms with E-state index >= 15 is 0 Å². The Hall–Kier alpha value is -1.51. The number of hydrogen-bond acceptors (Lipinski definition) is 3. The van der Waals surface area contributed by atoms with Crippen molar-refractivity contribution >= 4 is 5.97 Å². The maximum absolute atomic E-state index is 11.1. The third-order valence-corrected chi connectivity index (χ3v) is 1.76. The van der Waals surface area contributed by atoms with Crippen LogP contribution in [0, 0.1) is 5.92 Å². The van der Waals surface area contributed by atoms with E-state index in [1.807, 2.05) is 0 Å². The van der Waals surface area contributed by atoms with E-state index in [2.05, 4.69) is 0 Å². The molecule has 0 aliphatic heterocycles. The largest absolute Gasteiger partial charge is 0.508 e. The molecule has 0 spiro atoms. The van der Waals surface area contributed by atoms with Crippen LogP contribution in [0.1, 0.15) is 19.4 Å². The topological polar surface area (TPSA) is 46.5 Å². The Morgan fingerprint density at radius 1 is 1.50 bits per heavy atom. The summed E-state index contributed by atoms with van der Waals surface area (Å²) in [5.41, 5.74) is 0.791. The minimum atomic E-state index is -0.228. The van der Waals surface area contributed by atoms with Gasteiger partial charge in [0.05, 0.1) is 5.92 Å². The van der Waals surface area contributed by atoms with Gasteiger partial charge in [0, 0.05) is 0 Å². The number of benzene rings is 1. The molecule has 1 N–H and O–H groups in total. The number of carbonyl (C=O) groups is 1. The summed E-state index contributed by atoms with van der Waals surface area (Å²) in [7, 11) is 0. The summed E-state index contributed by atoms with van der Waals surface area (Å²) in [6.07, 6.45) is 0. The van der Waals surface area contributed by atoms with Gasteiger partial charge in [0.25, 0.3) is 0 Å². The van der Waals surface area contributed by atoms with E-state index in [1.165, 1.54) is 0 Å². The first-order chi connectivity index (χ1) is 6.59. The lowest BCUT2D eigenvalue weighted by Crippen LogP contribution is -2.11. The van der Waals surface area contributed by atoms with Gasteiger partial charge in [-0.25, -0.2) is 0 Å². The molecule has 1 aromatic carbocycles. The second kappa shape index (κ2) is 4.65. The highest BCUT2D eigenvalue weighted by atomic mass is 16.5. The first-order valence-electron chi connectivity index (χ1n) is 4.54. The predicted octanol–water partition coefficient (Wildman–Crippen LogP) is 2.09. The van der Waals surface area contributed by atoms with Crippen molar-refractivity contribution < 1.29 is 14.6 Å². The Morgan fingerprint density at radius 2 is 2.21 bits per heavy atom. The summed E-state index contributed by atoms with van der Waals surface area (Å²) in [6, 6.07) is 6.67. The van der Waals surface area contributed by atoms with Crippen LogP contribution in [0.25, 0.3) is 0 Å². The first-order valence-corrected chi connectivity index (χ1v) is 4.54. The number of hydrogen-bond donors (Lipinski definition) is 1. The van der Waals surface area contributed by atoms with E-state index in [9.17, 15) is 4.79 Å². The Bertz CT molecular complexity index is 318. The molecule has 0 atom stereocenters. The zero-order valence-electron chi connectivity index (χ0n) is 8.36. The van der Waals surface area contributed by atoms with Crippen molar-refractivity contribution in [2.24, 2.45) is 5.92 Å². The van der Waals surface area contributed by atoms with E-state index in [0.717, 1.165) is 5.56 Å². The molecule has 0 unspecified atom stereocenters. The fourth-order valence-corrected chi connectivity index (χ4v) is 0.967. The molecule has 1 rings (SSSR count). The molecule has 0 amide bonds. The Balaban J connectivity index is 2.50. The summed E-state index contributed by atoms with van der Waals surface area (Å²) < 4.78 is 4.99. The molecule has 0 aliphatic carbocycles. The molecule has 0 radical (unpaired) electrons. The molecule has 0 bridgehead atoms. The SMILES string of the molecule is CC(C)C(=O)OCc1cccc(O)c1. The number of phenolic OH excluding ortho intramolecular Hbond substituents is 1. The third-order valence-electron chi connectivity index (χ3n) is 1.76. The van der Waals surface area contributed by atoms with Gasteiger partial charge in [-0.1, -0.05) is 26.0 Å². The average Bonchev–Trinajstić information content (AvgIpc) is 2.14. The van der Waals surface area contributed by atoms with E-state index in [-0.39, 0.29) is 24.2 Å². The normalized spacial score (nSPS) is 10.2. The van der Waals surface area contributed by atoms with E-state index < -0.39 is 0 Å². The lowest BCUT2D eigenvalue weighted by atomic mass is 10.2. The predicted molar refractivity (Wildman–Crippen MR) is 52.7 cm³/mol. The second-order valence-corrected chi connectivity index (χ2v) is 3.43. The highest BCUT2D eigenvalue weighted by Crippen LogP contribution is 2.12. The van der Waals surface area contributed by atoms with Crippen LogP contribution in [0.4, 0.5) is 0 Å². The molecule has 0 saturated heterocycles. The van der Waals surface area contributed by atoms with E-state index in [1.54, 1.807) is 38.1 Å². The summed E-state index contributed by atoms with van der Waals surface area (Å²) in [5, 5.41) is 9.15. The number of carbonyl (C=O) groups excluding carboxylic acids is 1. The van der Waals surface area contributed by atoms with Gasteiger partial charge in [-0.2, -0.15) is 0 Å². The van der Waals surface area contributed by atoms with Crippen LogP contribution in [0.3, 0.4) is 0 Å². The lowest BCUT2D eigenvalue weighted by Gasteiger charge is -2.06. The minimum Gasteiger partial charge on any atom is -0.508 e. The fraction of sp³-hybridized carbons (Fsp3) is 0.364. The van der Waals surface area contributed by atoms with Crippen molar-refractivity contribution in [3.8, 4) is 5.75 Å². The highest BCUT2D eigenvalue weighted by molar-refractivity contribution is 5.71. The molecule has 3 nitrogen and oxygen atoms in total. The van der Waals surface area contributed by atoms with Crippen LogP contribution >= 0.6 is 0 Å². The Morgan fingerprint density at radius 3 is 2.79 bits per heavy atom. The van der Waals surface area contributed by atoms with Crippen molar-refractivity contribution in [2.45, 2.75) is 20.5 Å². The average molecular weight is 194 g/mol. The van der Waals surface area contributed by atoms with Gasteiger partial charge in [-0.3, -0.25) is 4.79 Å². The molecular weight excluding hydrogens is 180 g/mol.